The Morgan fingerprint density at radius 2 is 1.00 bits per heavy atom. The van der Waals surface area contributed by atoms with Crippen LogP contribution in [0.3, 0.4) is 0 Å². The first-order valence-electron chi connectivity index (χ1n) is 15.6. The lowest BCUT2D eigenvalue weighted by atomic mass is 9.97. The molecule has 4 nitrogen and oxygen atoms in total. The molecule has 0 N–H and O–H groups in total. The van der Waals surface area contributed by atoms with Gasteiger partial charge in [-0.3, -0.25) is 0 Å². The van der Waals surface area contributed by atoms with Crippen LogP contribution in [0.1, 0.15) is 0 Å². The lowest BCUT2D eigenvalue weighted by molar-refractivity contribution is 0.663. The number of hydrogen-bond donors (Lipinski definition) is 0. The van der Waals surface area contributed by atoms with E-state index in [1.54, 1.807) is 0 Å². The number of nitrogens with zero attached hydrogens (tertiary/aromatic N) is 2. The van der Waals surface area contributed by atoms with Gasteiger partial charge in [0.25, 0.3) is 0 Å². The molecule has 0 unspecified atom stereocenters. The Kier molecular flexibility index (Phi) is 5.32. The fourth-order valence-electron chi connectivity index (χ4n) is 7.39. The number of hydrogen-bond acceptors (Lipinski definition) is 2. The van der Waals surface area contributed by atoms with Crippen molar-refractivity contribution < 1.29 is 8.83 Å². The van der Waals surface area contributed by atoms with Crippen LogP contribution in [0.25, 0.3) is 98.5 Å². The Labute approximate surface area is 269 Å². The number of fused-ring (bicyclic) bond motifs is 10. The van der Waals surface area contributed by atoms with Crippen LogP contribution in [0, 0.1) is 6.57 Å². The third kappa shape index (κ3) is 3.69. The highest BCUT2D eigenvalue weighted by Crippen LogP contribution is 2.45. The minimum absolute atomic E-state index is 0.600. The lowest BCUT2D eigenvalue weighted by Gasteiger charge is -2.16. The molecule has 3 heterocycles. The molecular formula is C43H24N2O2. The van der Waals surface area contributed by atoms with Gasteiger partial charge in [-0.25, -0.2) is 4.85 Å². The maximum absolute atomic E-state index is 8.20. The standard InChI is InChI=1S/C43H24N2O2/c1-44-33-14-9-17-36(45-34-15-7-5-12-29(34)30-13-6-8-16-35(30)45)41(33)28-19-21-38-32(25-28)43-40(47-38)23-22-39-42(43)31-24-27(18-20-37(31)46-39)26-10-3-2-4-11-26/h2-25H. The molecule has 0 aliphatic heterocycles. The summed E-state index contributed by atoms with van der Waals surface area (Å²) < 4.78 is 15.1. The van der Waals surface area contributed by atoms with E-state index in [-0.39, 0.29) is 0 Å². The van der Waals surface area contributed by atoms with Crippen molar-refractivity contribution in [3.05, 3.63) is 157 Å². The second-order valence-electron chi connectivity index (χ2n) is 12.0. The highest BCUT2D eigenvalue weighted by Gasteiger charge is 2.21. The Bertz CT molecular complexity index is 2860. The maximum Gasteiger partial charge on any atom is 0.196 e. The van der Waals surface area contributed by atoms with Gasteiger partial charge in [-0.2, -0.15) is 0 Å². The summed E-state index contributed by atoms with van der Waals surface area (Å²) in [6, 6.07) is 50.0. The topological polar surface area (TPSA) is 35.6 Å². The third-order valence-electron chi connectivity index (χ3n) is 9.42. The summed E-state index contributed by atoms with van der Waals surface area (Å²) in [4.78, 5) is 4.03. The predicted molar refractivity (Wildman–Crippen MR) is 192 cm³/mol. The molecule has 10 aromatic rings. The van der Waals surface area contributed by atoms with Crippen LogP contribution in [-0.2, 0) is 0 Å². The summed E-state index contributed by atoms with van der Waals surface area (Å²) in [6.07, 6.45) is 0. The molecule has 0 atom stereocenters. The van der Waals surface area contributed by atoms with E-state index in [1.165, 1.54) is 10.8 Å². The fraction of sp³-hybridized carbons (Fsp3) is 0. The van der Waals surface area contributed by atoms with E-state index in [2.05, 4.69) is 119 Å². The van der Waals surface area contributed by atoms with Crippen LogP contribution in [0.15, 0.2) is 154 Å². The first-order chi connectivity index (χ1) is 23.3. The number of benzene rings is 7. The van der Waals surface area contributed by atoms with Crippen LogP contribution in [-0.4, -0.2) is 4.57 Å². The van der Waals surface area contributed by atoms with Crippen LogP contribution >= 0.6 is 0 Å². The van der Waals surface area contributed by atoms with Crippen molar-refractivity contribution in [2.75, 3.05) is 0 Å². The quantitative estimate of drug-likeness (QED) is 0.189. The SMILES string of the molecule is [C-]#[N+]c1cccc(-n2c3ccccc3c3ccccc32)c1-c1ccc2oc3ccc4oc5ccc(-c6ccccc6)cc5c4c3c2c1. The molecule has 0 aliphatic rings. The van der Waals surface area contributed by atoms with E-state index in [0.29, 0.717) is 5.69 Å². The van der Waals surface area contributed by atoms with E-state index >= 15 is 0 Å². The first-order valence-corrected chi connectivity index (χ1v) is 15.6. The van der Waals surface area contributed by atoms with Gasteiger partial charge in [0, 0.05) is 43.6 Å². The molecule has 0 amide bonds. The van der Waals surface area contributed by atoms with Crippen molar-refractivity contribution in [1.29, 1.82) is 0 Å². The van der Waals surface area contributed by atoms with Crippen LogP contribution in [0.5, 0.6) is 0 Å². The zero-order chi connectivity index (χ0) is 31.1. The van der Waals surface area contributed by atoms with Crippen LogP contribution in [0.2, 0.25) is 0 Å². The van der Waals surface area contributed by atoms with Crippen LogP contribution < -0.4 is 0 Å². The monoisotopic (exact) mass is 600 g/mol. The summed E-state index contributed by atoms with van der Waals surface area (Å²) in [5, 5.41) is 6.45. The summed E-state index contributed by atoms with van der Waals surface area (Å²) in [7, 11) is 0. The first kappa shape index (κ1) is 25.7. The Hall–Kier alpha value is -6.57. The molecule has 10 rings (SSSR count). The van der Waals surface area contributed by atoms with Crippen molar-refractivity contribution in [3.63, 3.8) is 0 Å². The highest BCUT2D eigenvalue weighted by atomic mass is 16.3. The molecule has 0 fully saturated rings. The normalized spacial score (nSPS) is 11.8. The van der Waals surface area contributed by atoms with Crippen molar-refractivity contribution in [3.8, 4) is 27.9 Å². The molecule has 0 saturated carbocycles. The molecule has 47 heavy (non-hydrogen) atoms. The van der Waals surface area contributed by atoms with Gasteiger partial charge in [-0.15, -0.1) is 0 Å². The van der Waals surface area contributed by atoms with E-state index in [4.69, 9.17) is 15.4 Å². The molecule has 0 spiro atoms. The van der Waals surface area contributed by atoms with Gasteiger partial charge in [0.2, 0.25) is 0 Å². The minimum Gasteiger partial charge on any atom is -0.456 e. The zero-order valence-electron chi connectivity index (χ0n) is 25.1. The van der Waals surface area contributed by atoms with Crippen molar-refractivity contribution in [2.24, 2.45) is 0 Å². The molecule has 7 aromatic carbocycles. The molecule has 4 heteroatoms. The van der Waals surface area contributed by atoms with Crippen molar-refractivity contribution >= 4 is 71.4 Å². The Morgan fingerprint density at radius 1 is 0.447 bits per heavy atom. The van der Waals surface area contributed by atoms with E-state index in [1.807, 2.05) is 36.4 Å². The Balaban J connectivity index is 1.27. The van der Waals surface area contributed by atoms with Gasteiger partial charge in [0.05, 0.1) is 17.6 Å². The second kappa shape index (κ2) is 9.71. The second-order valence-corrected chi connectivity index (χ2v) is 12.0. The zero-order valence-corrected chi connectivity index (χ0v) is 25.1. The number of furan rings is 2. The minimum atomic E-state index is 0.600. The summed E-state index contributed by atoms with van der Waals surface area (Å²) in [6.45, 7) is 8.20. The van der Waals surface area contributed by atoms with Crippen molar-refractivity contribution in [1.82, 2.24) is 4.57 Å². The average Bonchev–Trinajstić information content (AvgIpc) is 3.80. The molecule has 0 aliphatic carbocycles. The van der Waals surface area contributed by atoms with Crippen molar-refractivity contribution in [2.45, 2.75) is 0 Å². The van der Waals surface area contributed by atoms with Gasteiger partial charge in [0.1, 0.15) is 22.3 Å². The number of aromatic nitrogens is 1. The van der Waals surface area contributed by atoms with E-state index in [0.717, 1.165) is 82.9 Å². The van der Waals surface area contributed by atoms with Crippen LogP contribution in [0.4, 0.5) is 5.69 Å². The summed E-state index contributed by atoms with van der Waals surface area (Å²) in [5.74, 6) is 0. The number of rotatable bonds is 3. The smallest absolute Gasteiger partial charge is 0.196 e. The summed E-state index contributed by atoms with van der Waals surface area (Å²) >= 11 is 0. The van der Waals surface area contributed by atoms with Gasteiger partial charge >= 0.3 is 0 Å². The molecule has 218 valence electrons. The molecular weight excluding hydrogens is 576 g/mol. The van der Waals surface area contributed by atoms with Gasteiger partial charge < -0.3 is 13.4 Å². The average molecular weight is 601 g/mol. The van der Waals surface area contributed by atoms with E-state index < -0.39 is 0 Å². The fourth-order valence-corrected chi connectivity index (χ4v) is 7.39. The highest BCUT2D eigenvalue weighted by molar-refractivity contribution is 6.26. The predicted octanol–water partition coefficient (Wildman–Crippen LogP) is 12.5. The maximum atomic E-state index is 8.20. The van der Waals surface area contributed by atoms with Gasteiger partial charge in [0.15, 0.2) is 5.69 Å². The molecule has 3 aromatic heterocycles. The molecule has 0 bridgehead atoms. The summed E-state index contributed by atoms with van der Waals surface area (Å²) in [5.41, 5.74) is 11.2. The molecule has 0 saturated heterocycles. The Morgan fingerprint density at radius 3 is 1.64 bits per heavy atom. The van der Waals surface area contributed by atoms with Gasteiger partial charge in [-0.05, 0) is 71.3 Å². The third-order valence-corrected chi connectivity index (χ3v) is 9.42. The van der Waals surface area contributed by atoms with E-state index in [9.17, 15) is 0 Å². The number of para-hydroxylation sites is 2. The lowest BCUT2D eigenvalue weighted by Crippen LogP contribution is -1.97. The largest absolute Gasteiger partial charge is 0.456 e. The molecule has 0 radical (unpaired) electrons. The van der Waals surface area contributed by atoms with Gasteiger partial charge in [-0.1, -0.05) is 91.0 Å².